The number of nitrogens with one attached hydrogen (secondary N) is 2. The number of carbonyl (C=O) groups excluding carboxylic acids is 2. The zero-order valence-corrected chi connectivity index (χ0v) is 16.2. The molecule has 5 nitrogen and oxygen atoms in total. The minimum absolute atomic E-state index is 0.202. The van der Waals surface area contributed by atoms with Crippen molar-refractivity contribution in [2.45, 2.75) is 33.8 Å². The van der Waals surface area contributed by atoms with E-state index in [1.54, 1.807) is 19.1 Å². The molecule has 1 atom stereocenters. The third-order valence-electron chi connectivity index (χ3n) is 3.50. The smallest absolute Gasteiger partial charge is 0.265 e. The maximum atomic E-state index is 12.5. The second-order valence-electron chi connectivity index (χ2n) is 5.91. The van der Waals surface area contributed by atoms with E-state index in [1.807, 2.05) is 38.1 Å². The van der Waals surface area contributed by atoms with Crippen LogP contribution in [0.4, 0.5) is 11.4 Å². The van der Waals surface area contributed by atoms with Crippen LogP contribution in [0.1, 0.15) is 25.0 Å². The van der Waals surface area contributed by atoms with Gasteiger partial charge in [0.25, 0.3) is 5.91 Å². The van der Waals surface area contributed by atoms with Crippen LogP contribution in [0.25, 0.3) is 0 Å². The van der Waals surface area contributed by atoms with Gasteiger partial charge in [0.1, 0.15) is 5.75 Å². The van der Waals surface area contributed by atoms with E-state index in [0.717, 1.165) is 15.6 Å². The highest BCUT2D eigenvalue weighted by Gasteiger charge is 2.18. The number of aryl methyl sites for hydroxylation is 2. The summed E-state index contributed by atoms with van der Waals surface area (Å²) in [6, 6.07) is 11.1. The summed E-state index contributed by atoms with van der Waals surface area (Å²) in [7, 11) is 0. The van der Waals surface area contributed by atoms with E-state index in [9.17, 15) is 9.59 Å². The van der Waals surface area contributed by atoms with Gasteiger partial charge in [0.15, 0.2) is 6.10 Å². The molecule has 0 aliphatic rings. The van der Waals surface area contributed by atoms with Gasteiger partial charge in [-0.25, -0.2) is 0 Å². The summed E-state index contributed by atoms with van der Waals surface area (Å²) in [6.07, 6.45) is -0.704. The average Bonchev–Trinajstić information content (AvgIpc) is 2.52. The van der Waals surface area contributed by atoms with Crippen LogP contribution < -0.4 is 15.4 Å². The van der Waals surface area contributed by atoms with E-state index in [-0.39, 0.29) is 11.8 Å². The third kappa shape index (κ3) is 5.32. The van der Waals surface area contributed by atoms with Gasteiger partial charge in [-0.15, -0.1) is 0 Å². The molecule has 2 amide bonds. The topological polar surface area (TPSA) is 67.4 Å². The van der Waals surface area contributed by atoms with Gasteiger partial charge in [-0.3, -0.25) is 9.59 Å². The lowest BCUT2D eigenvalue weighted by Crippen LogP contribution is -2.30. The Morgan fingerprint density at radius 2 is 1.64 bits per heavy atom. The Hall–Kier alpha value is -2.34. The maximum Gasteiger partial charge on any atom is 0.265 e. The lowest BCUT2D eigenvalue weighted by atomic mass is 10.2. The second-order valence-corrected chi connectivity index (χ2v) is 6.77. The van der Waals surface area contributed by atoms with Gasteiger partial charge in [-0.2, -0.15) is 0 Å². The number of rotatable bonds is 5. The second kappa shape index (κ2) is 8.16. The molecule has 132 valence electrons. The van der Waals surface area contributed by atoms with Gasteiger partial charge in [-0.05, 0) is 72.1 Å². The maximum absolute atomic E-state index is 12.5. The van der Waals surface area contributed by atoms with Crippen LogP contribution in [0.3, 0.4) is 0 Å². The summed E-state index contributed by atoms with van der Waals surface area (Å²) in [5, 5.41) is 5.52. The Labute approximate surface area is 155 Å². The fourth-order valence-corrected chi connectivity index (χ4v) is 2.83. The van der Waals surface area contributed by atoms with Gasteiger partial charge in [0, 0.05) is 6.92 Å². The van der Waals surface area contributed by atoms with Crippen LogP contribution >= 0.6 is 15.9 Å². The lowest BCUT2D eigenvalue weighted by Gasteiger charge is -2.18. The van der Waals surface area contributed by atoms with E-state index in [2.05, 4.69) is 26.6 Å². The Balaban J connectivity index is 2.13. The lowest BCUT2D eigenvalue weighted by molar-refractivity contribution is -0.122. The molecule has 0 bridgehead atoms. The first-order valence-corrected chi connectivity index (χ1v) is 8.67. The van der Waals surface area contributed by atoms with Crippen LogP contribution in [-0.4, -0.2) is 17.9 Å². The molecule has 25 heavy (non-hydrogen) atoms. The van der Waals surface area contributed by atoms with E-state index in [4.69, 9.17) is 4.74 Å². The predicted octanol–water partition coefficient (Wildman–Crippen LogP) is 4.43. The predicted molar refractivity (Wildman–Crippen MR) is 103 cm³/mol. The van der Waals surface area contributed by atoms with Crippen molar-refractivity contribution in [1.29, 1.82) is 0 Å². The van der Waals surface area contributed by atoms with Crippen molar-refractivity contribution in [1.82, 2.24) is 0 Å². The SMILES string of the molecule is CC(=O)Nc1ccc(C)cc1NC(=O)C(C)Oc1ccc(C)cc1Br. The van der Waals surface area contributed by atoms with E-state index in [1.165, 1.54) is 6.92 Å². The molecule has 0 saturated carbocycles. The molecule has 2 aromatic carbocycles. The third-order valence-corrected chi connectivity index (χ3v) is 4.12. The van der Waals surface area contributed by atoms with Crippen molar-refractivity contribution in [2.24, 2.45) is 0 Å². The standard InChI is InChI=1S/C19H21BrN2O3/c1-11-6-8-18(15(20)9-11)25-13(3)19(24)22-17-10-12(2)5-7-16(17)21-14(4)23/h5-10,13H,1-4H3,(H,21,23)(H,22,24). The quantitative estimate of drug-likeness (QED) is 0.774. The average molecular weight is 405 g/mol. The number of hydrogen-bond donors (Lipinski definition) is 2. The largest absolute Gasteiger partial charge is 0.480 e. The molecule has 0 saturated heterocycles. The van der Waals surface area contributed by atoms with Crippen molar-refractivity contribution in [3.63, 3.8) is 0 Å². The van der Waals surface area contributed by atoms with Crippen LogP contribution in [-0.2, 0) is 9.59 Å². The Morgan fingerprint density at radius 3 is 2.28 bits per heavy atom. The highest BCUT2D eigenvalue weighted by Crippen LogP contribution is 2.27. The molecule has 2 aromatic rings. The molecule has 6 heteroatoms. The van der Waals surface area contributed by atoms with Crippen molar-refractivity contribution in [3.8, 4) is 5.75 Å². The van der Waals surface area contributed by atoms with E-state index >= 15 is 0 Å². The first-order chi connectivity index (χ1) is 11.8. The van der Waals surface area contributed by atoms with Gasteiger partial charge < -0.3 is 15.4 Å². The molecule has 0 aliphatic carbocycles. The van der Waals surface area contributed by atoms with Crippen LogP contribution in [0.15, 0.2) is 40.9 Å². The molecule has 0 fully saturated rings. The highest BCUT2D eigenvalue weighted by atomic mass is 79.9. The van der Waals surface area contributed by atoms with Crippen molar-refractivity contribution >= 4 is 39.1 Å². The summed E-state index contributed by atoms with van der Waals surface area (Å²) in [5.41, 5.74) is 3.16. The Bertz CT molecular complexity index is 805. The molecule has 0 aromatic heterocycles. The molecule has 0 spiro atoms. The first kappa shape index (κ1) is 19.0. The molecule has 2 rings (SSSR count). The van der Waals surface area contributed by atoms with Gasteiger partial charge in [-0.1, -0.05) is 12.1 Å². The molecule has 0 radical (unpaired) electrons. The summed E-state index contributed by atoms with van der Waals surface area (Å²) < 4.78 is 6.53. The van der Waals surface area contributed by atoms with Gasteiger partial charge in [0.05, 0.1) is 15.8 Å². The zero-order valence-electron chi connectivity index (χ0n) is 14.6. The summed E-state index contributed by atoms with van der Waals surface area (Å²) >= 11 is 3.44. The fourth-order valence-electron chi connectivity index (χ4n) is 2.24. The number of amides is 2. The molecule has 0 heterocycles. The van der Waals surface area contributed by atoms with Crippen LogP contribution in [0.2, 0.25) is 0 Å². The fraction of sp³-hybridized carbons (Fsp3) is 0.263. The highest BCUT2D eigenvalue weighted by molar-refractivity contribution is 9.10. The van der Waals surface area contributed by atoms with Crippen molar-refractivity contribution in [2.75, 3.05) is 10.6 Å². The molecular formula is C19H21BrN2O3. The summed E-state index contributed by atoms with van der Waals surface area (Å²) in [5.74, 6) is 0.0940. The molecule has 2 N–H and O–H groups in total. The Kier molecular flexibility index (Phi) is 6.20. The van der Waals surface area contributed by atoms with Crippen LogP contribution in [0, 0.1) is 13.8 Å². The van der Waals surface area contributed by atoms with E-state index < -0.39 is 6.10 Å². The normalized spacial score (nSPS) is 11.6. The number of carbonyl (C=O) groups is 2. The molecule has 0 aliphatic heterocycles. The van der Waals surface area contributed by atoms with Crippen LogP contribution in [0.5, 0.6) is 5.75 Å². The van der Waals surface area contributed by atoms with E-state index in [0.29, 0.717) is 17.1 Å². The van der Waals surface area contributed by atoms with Gasteiger partial charge >= 0.3 is 0 Å². The monoisotopic (exact) mass is 404 g/mol. The summed E-state index contributed by atoms with van der Waals surface area (Å²) in [4.78, 5) is 23.8. The van der Waals surface area contributed by atoms with Crippen molar-refractivity contribution < 1.29 is 14.3 Å². The number of hydrogen-bond acceptors (Lipinski definition) is 3. The number of benzene rings is 2. The van der Waals surface area contributed by atoms with Crippen molar-refractivity contribution in [3.05, 3.63) is 52.0 Å². The first-order valence-electron chi connectivity index (χ1n) is 7.88. The molecule has 1 unspecified atom stereocenters. The number of halogens is 1. The van der Waals surface area contributed by atoms with Gasteiger partial charge in [0.2, 0.25) is 5.91 Å². The number of ether oxygens (including phenoxy) is 1. The number of anilines is 2. The minimum Gasteiger partial charge on any atom is -0.480 e. The minimum atomic E-state index is -0.704. The summed E-state index contributed by atoms with van der Waals surface area (Å²) in [6.45, 7) is 6.99. The molecular weight excluding hydrogens is 384 g/mol. The zero-order chi connectivity index (χ0) is 18.6. The Morgan fingerprint density at radius 1 is 1.00 bits per heavy atom.